The van der Waals surface area contributed by atoms with Gasteiger partial charge in [0, 0.05) is 136 Å². The van der Waals surface area contributed by atoms with E-state index in [0.717, 1.165) is 78.7 Å². The Morgan fingerprint density at radius 2 is 0.873 bits per heavy atom. The summed E-state index contributed by atoms with van der Waals surface area (Å²) in [4.78, 5) is 32.5. The van der Waals surface area contributed by atoms with Gasteiger partial charge in [0.15, 0.2) is 0 Å². The van der Waals surface area contributed by atoms with Crippen LogP contribution in [-0.4, -0.2) is 200 Å². The van der Waals surface area contributed by atoms with Crippen molar-refractivity contribution in [2.24, 2.45) is 15.4 Å². The van der Waals surface area contributed by atoms with E-state index in [9.17, 15) is 99.2 Å². The van der Waals surface area contributed by atoms with E-state index in [4.69, 9.17) is 14.9 Å². The normalized spacial score (nSPS) is 12.8. The van der Waals surface area contributed by atoms with Crippen LogP contribution in [0.25, 0.3) is 11.5 Å². The number of alkyl halides is 5. The predicted molar refractivity (Wildman–Crippen MR) is 428 cm³/mol. The van der Waals surface area contributed by atoms with Gasteiger partial charge in [-0.1, -0.05) is 45.0 Å². The molecule has 126 heavy (non-hydrogen) atoms. The Morgan fingerprint density at radius 1 is 0.516 bits per heavy atom. The predicted octanol–water partition coefficient (Wildman–Crippen LogP) is 1.33. The number of hydrogen-bond donors (Lipinski definition) is 3. The molecular weight excluding hydrogens is 1910 g/mol. The van der Waals surface area contributed by atoms with Crippen molar-refractivity contribution in [1.82, 2.24) is 67.7 Å². The number of nitrogens with zero attached hydrogens (tertiary/aromatic N) is 18. The summed E-state index contributed by atoms with van der Waals surface area (Å²) in [5, 5.41) is 41.0. The van der Waals surface area contributed by atoms with E-state index in [2.05, 4.69) is 85.0 Å². The van der Waals surface area contributed by atoms with Crippen LogP contribution < -0.4 is 170 Å². The number of likely N-dealkylation sites (N-methyl/N-ethyl adjacent to an activating group) is 3. The van der Waals surface area contributed by atoms with Crippen LogP contribution in [-0.2, 0) is 80.7 Å². The first-order valence-corrected chi connectivity index (χ1v) is 43.7. The van der Waals surface area contributed by atoms with E-state index in [1.54, 1.807) is 33.2 Å². The van der Waals surface area contributed by atoms with Crippen LogP contribution in [0, 0.1) is 69.2 Å². The maximum absolute atomic E-state index is 14.5. The number of benzene rings is 4. The monoisotopic (exact) mass is 1990 g/mol. The summed E-state index contributed by atoms with van der Waals surface area (Å²) in [6.07, 6.45) is 12.2. The minimum absolute atomic E-state index is 0. The zero-order valence-electron chi connectivity index (χ0n) is 69.6. The molecule has 4 unspecified atom stereocenters. The standard InChI is InChI=1S/C19H19F4N5O3S.C18H20F2N6O2S.C16H17F2N5O2S.C14H13F2N5O2S.C3H5F3O3S.3K.H2P.H2S.H/c1-3-28(32(2,29)30)10-11(14-5-4-13(20)7-15(14)21)6-16-24-8-12(9-25-16)18-26-27-19(31-18)17(22)23;1-3-26(29(2,27)28)11-12(15-5-4-14(19)7-16(15)20)6-18-21-8-13(9-22-18)17-10-23-25-24-17;1-3-23(26(2,24)25)10-15(13-5-4-12(17)6-14(13)18)22-16-20-8-11(7-19)9-21-16;1-24(22,23)20-8-13(11-3-2-10(15)4-12(11)16)21-14-18-6-9(5-17)7-19-14;1-2-9-10(7,8)3(4,5)6;;;;;;/h4-5,7-9,11,17H,3,6,10H2,1-2H3;4-5,7-9,12H,3,6,10-11H2,1-2H3;4-6,8-9,15H,3,10H2,1-2H3,(H,20,21,22);2-4,6-7,13,20H,8H2,1H3,(H,18,19,21);2H2,1H3;;;;2*1H2;/q;;;;;3*+1;-1;;-1/p-1/i;;;;;;;;;;1+2. The Hall–Kier alpha value is -5.48. The SMILES string of the molecule is CCN(CC(Cc1ncc(-c2nnc(C(F)F)o2)cn1)c1ccc(F)cc1F)S(C)(=O)=O.CCN(CC(Cc1ncc(C2=NN=NC2)cn1)c1ccc(F)cc1F)S(C)(=O)=O.CCN(CC(Nc1ncc(C#N)cn1)c1ccc(F)cc1F)S(C)(=O)=O.CCOS(=O)(=O)C(F)(F)F.CS(=O)(=O)NCC(Nc1ncc(C#N)cn1)c1ccc(F)cc1F.[3H-].[K+].[K+].[K+].[PH2-].[SH-]. The topological polar surface area (TPSA) is 452 Å². The average molecular weight is 2000 g/mol. The molecule has 0 radical (unpaired) electrons. The molecule has 0 saturated carbocycles. The van der Waals surface area contributed by atoms with Gasteiger partial charge in [0.1, 0.15) is 76.9 Å². The smallest absolute Gasteiger partial charge is 1.00 e. The Labute approximate surface area is 856 Å². The molecule has 0 fully saturated rings. The minimum atomic E-state index is -5.35. The number of halogens is 13. The molecule has 10 rings (SSSR count). The summed E-state index contributed by atoms with van der Waals surface area (Å²) < 4.78 is 298. The second-order valence-electron chi connectivity index (χ2n) is 25.2. The van der Waals surface area contributed by atoms with Crippen molar-refractivity contribution < 1.29 is 263 Å². The zero-order chi connectivity index (χ0) is 90.0. The minimum Gasteiger partial charge on any atom is -1.00 e. The van der Waals surface area contributed by atoms with Crippen molar-refractivity contribution in [3.63, 3.8) is 0 Å². The van der Waals surface area contributed by atoms with Crippen LogP contribution >= 0.6 is 9.90 Å². The van der Waals surface area contributed by atoms with Crippen LogP contribution in [0.5, 0.6) is 0 Å². The Morgan fingerprint density at radius 3 is 1.17 bits per heavy atom. The number of aromatic nitrogens is 10. The second kappa shape index (κ2) is 55.1. The van der Waals surface area contributed by atoms with E-state index in [1.807, 2.05) is 12.1 Å². The summed E-state index contributed by atoms with van der Waals surface area (Å²) in [6.45, 7) is 6.17. The first-order chi connectivity index (χ1) is 56.7. The number of nitriles is 2. The third kappa shape index (κ3) is 38.8. The molecule has 0 spiro atoms. The number of rotatable bonds is 32. The van der Waals surface area contributed by atoms with E-state index in [0.29, 0.717) is 29.7 Å². The Kier molecular flexibility index (Phi) is 51.9. The van der Waals surface area contributed by atoms with Crippen LogP contribution in [0.2, 0.25) is 0 Å². The fourth-order valence-corrected chi connectivity index (χ4v) is 14.2. The molecule has 56 heteroatoms. The van der Waals surface area contributed by atoms with Gasteiger partial charge in [-0.05, 0) is 47.5 Å². The molecule has 0 saturated heterocycles. The maximum atomic E-state index is 14.5. The molecule has 33 nitrogen and oxygen atoms in total. The second-order valence-corrected chi connectivity index (χ2v) is 34.6. The van der Waals surface area contributed by atoms with Crippen molar-refractivity contribution in [1.29, 1.82) is 10.5 Å². The first kappa shape index (κ1) is 119. The van der Waals surface area contributed by atoms with Gasteiger partial charge in [0.05, 0.1) is 90.9 Å². The van der Waals surface area contributed by atoms with Gasteiger partial charge in [0.25, 0.3) is 11.8 Å². The van der Waals surface area contributed by atoms with Crippen molar-refractivity contribution in [2.75, 3.05) is 94.6 Å². The van der Waals surface area contributed by atoms with Crippen LogP contribution in [0.15, 0.2) is 142 Å². The van der Waals surface area contributed by atoms with E-state index in [1.165, 1.54) is 70.1 Å². The summed E-state index contributed by atoms with van der Waals surface area (Å²) in [5.74, 6) is -7.72. The molecule has 6 heterocycles. The van der Waals surface area contributed by atoms with E-state index < -0.39 is 145 Å². The summed E-state index contributed by atoms with van der Waals surface area (Å²) in [6, 6.07) is 14.3. The van der Waals surface area contributed by atoms with Gasteiger partial charge in [-0.2, -0.15) is 46.0 Å². The van der Waals surface area contributed by atoms with Gasteiger partial charge >= 0.3 is 176 Å². The fourth-order valence-electron chi connectivity index (χ4n) is 10.5. The molecule has 5 aromatic heterocycles. The molecule has 1 aliphatic rings. The third-order valence-corrected chi connectivity index (χ3v) is 22.2. The number of anilines is 2. The van der Waals surface area contributed by atoms with Crippen LogP contribution in [0.3, 0.4) is 0 Å². The zero-order valence-corrected chi connectivity index (χ0v) is 84.1. The quantitative estimate of drug-likeness (QED) is 0.0102. The molecule has 0 amide bonds. The van der Waals surface area contributed by atoms with E-state index >= 15 is 0 Å². The van der Waals surface area contributed by atoms with Gasteiger partial charge < -0.3 is 39.9 Å². The molecule has 0 aliphatic carbocycles. The van der Waals surface area contributed by atoms with E-state index in [-0.39, 0.29) is 300 Å². The number of hydrogen-bond acceptors (Lipinski definition) is 30. The van der Waals surface area contributed by atoms with Crippen molar-refractivity contribution in [3.8, 4) is 23.6 Å². The Bertz CT molecular complexity index is 5780. The molecule has 0 bridgehead atoms. The first-order valence-electron chi connectivity index (χ1n) is 34.9. The van der Waals surface area contributed by atoms with Crippen LogP contribution in [0.4, 0.5) is 69.0 Å². The van der Waals surface area contributed by atoms with Gasteiger partial charge in [-0.15, -0.1) is 15.3 Å². The number of thiol groups is 1. The van der Waals surface area contributed by atoms with Crippen molar-refractivity contribution in [3.05, 3.63) is 225 Å². The molecular formula is C70H78F13K3N21O12PS6. The molecule has 4 aromatic carbocycles. The van der Waals surface area contributed by atoms with Crippen LogP contribution in [0.1, 0.15) is 116 Å². The molecule has 9 aromatic rings. The summed E-state index contributed by atoms with van der Waals surface area (Å²) in [7, 11) is -19.5. The summed E-state index contributed by atoms with van der Waals surface area (Å²) in [5.41, 5.74) is -2.88. The van der Waals surface area contributed by atoms with Crippen molar-refractivity contribution in [2.45, 2.75) is 76.4 Å². The maximum Gasteiger partial charge on any atom is 1.00 e. The molecule has 1 aliphatic heterocycles. The molecule has 4 atom stereocenters. The van der Waals surface area contributed by atoms with Gasteiger partial charge in [-0.25, -0.2) is 126 Å². The number of sulfonamides is 4. The van der Waals surface area contributed by atoms with Gasteiger partial charge in [-0.3, -0.25) is 4.18 Å². The van der Waals surface area contributed by atoms with Crippen molar-refractivity contribution >= 4 is 91.2 Å². The largest absolute Gasteiger partial charge is 1.00 e. The van der Waals surface area contributed by atoms with Gasteiger partial charge in [0.2, 0.25) is 52.0 Å². The molecule has 3 N–H and O–H groups in total. The number of nitrogens with one attached hydrogen (secondary N) is 3. The molecule has 670 valence electrons. The average Bonchev–Trinajstić information content (AvgIpc) is 1.44. The summed E-state index contributed by atoms with van der Waals surface area (Å²) >= 11 is 0. The third-order valence-electron chi connectivity index (χ3n) is 16.4. The fraction of sp³-hybridized carbons (Fsp3) is 0.357. The Balaban J connectivity index is 0.00000159.